The van der Waals surface area contributed by atoms with Crippen molar-refractivity contribution in [1.82, 2.24) is 5.32 Å². The average Bonchev–Trinajstić information content (AvgIpc) is 2.59. The number of nitriles is 1. The molecule has 1 saturated heterocycles. The van der Waals surface area contributed by atoms with Crippen LogP contribution in [0.1, 0.15) is 53.6 Å². The lowest BCUT2D eigenvalue weighted by atomic mass is 9.96. The van der Waals surface area contributed by atoms with E-state index in [4.69, 9.17) is 11.7 Å². The van der Waals surface area contributed by atoms with Gasteiger partial charge in [0, 0.05) is 17.6 Å². The zero-order chi connectivity index (χ0) is 11.1. The molecule has 1 aromatic carbocycles. The van der Waals surface area contributed by atoms with Crippen molar-refractivity contribution in [2.75, 3.05) is 0 Å². The van der Waals surface area contributed by atoms with Gasteiger partial charge in [-0.15, -0.1) is 6.42 Å². The summed E-state index contributed by atoms with van der Waals surface area (Å²) < 4.78 is 0. The summed E-state index contributed by atoms with van der Waals surface area (Å²) in [5, 5.41) is 12.6. The van der Waals surface area contributed by atoms with Gasteiger partial charge in [-0.2, -0.15) is 5.26 Å². The predicted molar refractivity (Wildman–Crippen MR) is 61.6 cm³/mol. The van der Waals surface area contributed by atoms with Crippen LogP contribution >= 0.6 is 0 Å². The Hall–Kier alpha value is -1.77. The van der Waals surface area contributed by atoms with E-state index in [9.17, 15) is 0 Å². The van der Waals surface area contributed by atoms with Crippen molar-refractivity contribution in [3.05, 3.63) is 34.4 Å². The zero-order valence-corrected chi connectivity index (χ0v) is 8.96. The molecule has 0 aromatic heterocycles. The third kappa shape index (κ3) is 1.18. The molecule has 1 N–H and O–H groups in total. The summed E-state index contributed by atoms with van der Waals surface area (Å²) in [7, 11) is 0. The smallest absolute Gasteiger partial charge is 0.100 e. The standard InChI is InChI=1S/C14H12N2/c1-2-9-6-11-12(7-10(9)8-15)14-5-3-4-13(11)16-14/h1,6-7,13-14,16H,3-5H2. The minimum Gasteiger partial charge on any atom is -0.303 e. The van der Waals surface area contributed by atoms with Gasteiger partial charge in [-0.3, -0.25) is 0 Å². The average molecular weight is 208 g/mol. The fourth-order valence-corrected chi connectivity index (χ4v) is 2.87. The SMILES string of the molecule is C#Cc1cc2c(cc1C#N)C1CCCC2N1. The highest BCUT2D eigenvalue weighted by molar-refractivity contribution is 5.54. The Labute approximate surface area is 95.3 Å². The first-order valence-corrected chi connectivity index (χ1v) is 5.64. The number of hydrogen-bond acceptors (Lipinski definition) is 2. The first-order chi connectivity index (χ1) is 7.83. The summed E-state index contributed by atoms with van der Waals surface area (Å²) in [5.41, 5.74) is 3.97. The van der Waals surface area contributed by atoms with Crippen LogP contribution in [-0.2, 0) is 0 Å². The van der Waals surface area contributed by atoms with Crippen LogP contribution in [0.2, 0.25) is 0 Å². The molecule has 2 unspecified atom stereocenters. The second-order valence-corrected chi connectivity index (χ2v) is 4.49. The van der Waals surface area contributed by atoms with Gasteiger partial charge in [0.2, 0.25) is 0 Å². The van der Waals surface area contributed by atoms with Crippen LogP contribution in [0.4, 0.5) is 0 Å². The third-order valence-corrected chi connectivity index (χ3v) is 3.64. The monoisotopic (exact) mass is 208 g/mol. The molecule has 0 saturated carbocycles. The number of terminal acetylenes is 1. The van der Waals surface area contributed by atoms with E-state index in [0.717, 1.165) is 5.56 Å². The molecule has 0 amide bonds. The number of fused-ring (bicyclic) bond motifs is 5. The summed E-state index contributed by atoms with van der Waals surface area (Å²) in [6.45, 7) is 0. The van der Waals surface area contributed by atoms with Crippen molar-refractivity contribution >= 4 is 0 Å². The molecule has 2 aliphatic heterocycles. The number of nitrogens with zero attached hydrogens (tertiary/aromatic N) is 1. The molecule has 3 rings (SSSR count). The van der Waals surface area contributed by atoms with E-state index in [1.165, 1.54) is 30.4 Å². The van der Waals surface area contributed by atoms with Crippen LogP contribution in [0.15, 0.2) is 12.1 Å². The van der Waals surface area contributed by atoms with E-state index in [-0.39, 0.29) is 0 Å². The van der Waals surface area contributed by atoms with Crippen LogP contribution < -0.4 is 5.32 Å². The molecule has 78 valence electrons. The maximum Gasteiger partial charge on any atom is 0.100 e. The van der Waals surface area contributed by atoms with E-state index >= 15 is 0 Å². The van der Waals surface area contributed by atoms with E-state index in [0.29, 0.717) is 17.6 Å². The van der Waals surface area contributed by atoms with Crippen LogP contribution in [0.3, 0.4) is 0 Å². The van der Waals surface area contributed by atoms with Crippen molar-refractivity contribution in [1.29, 1.82) is 5.26 Å². The number of rotatable bonds is 0. The lowest BCUT2D eigenvalue weighted by molar-refractivity contribution is 0.370. The van der Waals surface area contributed by atoms with E-state index in [1.54, 1.807) is 0 Å². The Bertz CT molecular complexity index is 484. The van der Waals surface area contributed by atoms with Gasteiger partial charge in [-0.1, -0.05) is 5.92 Å². The van der Waals surface area contributed by atoms with E-state index < -0.39 is 0 Å². The maximum absolute atomic E-state index is 9.06. The molecule has 1 fully saturated rings. The molecule has 2 atom stereocenters. The normalized spacial score (nSPS) is 25.6. The molecule has 0 radical (unpaired) electrons. The van der Waals surface area contributed by atoms with Gasteiger partial charge >= 0.3 is 0 Å². The van der Waals surface area contributed by atoms with Gasteiger partial charge < -0.3 is 5.32 Å². The van der Waals surface area contributed by atoms with E-state index in [2.05, 4.69) is 17.3 Å². The summed E-state index contributed by atoms with van der Waals surface area (Å²) in [4.78, 5) is 0. The Morgan fingerprint density at radius 3 is 2.38 bits per heavy atom. The van der Waals surface area contributed by atoms with Crippen molar-refractivity contribution < 1.29 is 0 Å². The van der Waals surface area contributed by atoms with Gasteiger partial charge in [0.15, 0.2) is 0 Å². The first-order valence-electron chi connectivity index (χ1n) is 5.64. The van der Waals surface area contributed by atoms with E-state index in [1.807, 2.05) is 12.1 Å². The van der Waals surface area contributed by atoms with Crippen LogP contribution in [0, 0.1) is 23.7 Å². The second kappa shape index (κ2) is 3.37. The van der Waals surface area contributed by atoms with Gasteiger partial charge in [0.1, 0.15) is 6.07 Å². The fraction of sp³-hybridized carbons (Fsp3) is 0.357. The molecule has 2 aliphatic rings. The minimum absolute atomic E-state index is 0.438. The molecule has 2 nitrogen and oxygen atoms in total. The Kier molecular flexibility index (Phi) is 1.99. The number of hydrogen-bond donors (Lipinski definition) is 1. The number of piperidine rings is 1. The molecule has 2 bridgehead atoms. The van der Waals surface area contributed by atoms with Crippen molar-refractivity contribution in [2.45, 2.75) is 31.3 Å². The second-order valence-electron chi connectivity index (χ2n) is 4.49. The fourth-order valence-electron chi connectivity index (χ4n) is 2.87. The Balaban J connectivity index is 2.21. The van der Waals surface area contributed by atoms with Gasteiger partial charge in [0.05, 0.1) is 5.56 Å². The summed E-state index contributed by atoms with van der Waals surface area (Å²) in [6.07, 6.45) is 9.04. The lowest BCUT2D eigenvalue weighted by Crippen LogP contribution is -2.22. The third-order valence-electron chi connectivity index (χ3n) is 3.64. The Morgan fingerprint density at radius 1 is 1.19 bits per heavy atom. The quantitative estimate of drug-likeness (QED) is 0.664. The summed E-state index contributed by atoms with van der Waals surface area (Å²) in [6, 6.07) is 7.08. The highest BCUT2D eigenvalue weighted by atomic mass is 15.0. The molecule has 2 heteroatoms. The Morgan fingerprint density at radius 2 is 1.81 bits per heavy atom. The molecule has 2 heterocycles. The number of benzene rings is 1. The molecule has 1 aromatic rings. The van der Waals surface area contributed by atoms with Crippen LogP contribution in [-0.4, -0.2) is 0 Å². The summed E-state index contributed by atoms with van der Waals surface area (Å²) in [5.74, 6) is 2.61. The lowest BCUT2D eigenvalue weighted by Gasteiger charge is -2.20. The van der Waals surface area contributed by atoms with Crippen molar-refractivity contribution in [3.8, 4) is 18.4 Å². The molecule has 16 heavy (non-hydrogen) atoms. The zero-order valence-electron chi connectivity index (χ0n) is 8.96. The van der Waals surface area contributed by atoms with Gasteiger partial charge in [0.25, 0.3) is 0 Å². The minimum atomic E-state index is 0.438. The summed E-state index contributed by atoms with van der Waals surface area (Å²) >= 11 is 0. The van der Waals surface area contributed by atoms with Crippen LogP contribution in [0.5, 0.6) is 0 Å². The maximum atomic E-state index is 9.06. The largest absolute Gasteiger partial charge is 0.303 e. The first kappa shape index (κ1) is 9.46. The van der Waals surface area contributed by atoms with Crippen molar-refractivity contribution in [2.24, 2.45) is 0 Å². The topological polar surface area (TPSA) is 35.8 Å². The van der Waals surface area contributed by atoms with Gasteiger partial charge in [-0.05, 0) is 42.5 Å². The number of nitrogens with one attached hydrogen (secondary N) is 1. The molecular weight excluding hydrogens is 196 g/mol. The van der Waals surface area contributed by atoms with Crippen LogP contribution in [0.25, 0.3) is 0 Å². The predicted octanol–water partition coefficient (Wildman–Crippen LogP) is 2.41. The highest BCUT2D eigenvalue weighted by Crippen LogP contribution is 2.43. The highest BCUT2D eigenvalue weighted by Gasteiger charge is 2.34. The molecule has 0 aliphatic carbocycles. The molecular formula is C14H12N2. The molecule has 0 spiro atoms. The van der Waals surface area contributed by atoms with Crippen molar-refractivity contribution in [3.63, 3.8) is 0 Å². The van der Waals surface area contributed by atoms with Gasteiger partial charge in [-0.25, -0.2) is 0 Å².